The van der Waals surface area contributed by atoms with Gasteiger partial charge in [-0.2, -0.15) is 0 Å². The lowest BCUT2D eigenvalue weighted by Gasteiger charge is -2.30. The molecule has 1 aliphatic carbocycles. The van der Waals surface area contributed by atoms with E-state index in [0.29, 0.717) is 5.13 Å². The van der Waals surface area contributed by atoms with Crippen molar-refractivity contribution in [2.75, 3.05) is 25.0 Å². The molecule has 2 amide bonds. The van der Waals surface area contributed by atoms with Crippen LogP contribution in [0.15, 0.2) is 5.38 Å². The van der Waals surface area contributed by atoms with Gasteiger partial charge in [-0.25, -0.2) is 4.98 Å². The molecule has 7 heteroatoms. The number of hydrogen-bond donors (Lipinski definition) is 2. The highest BCUT2D eigenvalue weighted by molar-refractivity contribution is 7.13. The van der Waals surface area contributed by atoms with Crippen molar-refractivity contribution in [2.24, 2.45) is 11.8 Å². The van der Waals surface area contributed by atoms with Gasteiger partial charge in [0.25, 0.3) is 0 Å². The topological polar surface area (TPSA) is 74.3 Å². The number of likely N-dealkylation sites (tertiary alicyclic amines) is 1. The maximum Gasteiger partial charge on any atom is 0.245 e. The van der Waals surface area contributed by atoms with Crippen LogP contribution in [0.5, 0.6) is 0 Å². The summed E-state index contributed by atoms with van der Waals surface area (Å²) in [6, 6.07) is 0. The zero-order valence-corrected chi connectivity index (χ0v) is 16.4. The van der Waals surface area contributed by atoms with E-state index >= 15 is 0 Å². The Kier molecular flexibility index (Phi) is 7.02. The van der Waals surface area contributed by atoms with E-state index in [1.165, 1.54) is 30.6 Å². The van der Waals surface area contributed by atoms with Gasteiger partial charge in [-0.3, -0.25) is 14.5 Å². The minimum atomic E-state index is -0.207. The van der Waals surface area contributed by atoms with Gasteiger partial charge in [0.1, 0.15) is 0 Å². The van der Waals surface area contributed by atoms with Gasteiger partial charge in [0.2, 0.25) is 11.8 Å². The summed E-state index contributed by atoms with van der Waals surface area (Å²) >= 11 is 1.45. The first-order valence-electron chi connectivity index (χ1n) is 9.84. The van der Waals surface area contributed by atoms with Crippen LogP contribution in [0.25, 0.3) is 0 Å². The molecule has 0 unspecified atom stereocenters. The quantitative estimate of drug-likeness (QED) is 0.798. The highest BCUT2D eigenvalue weighted by atomic mass is 32.1. The lowest BCUT2D eigenvalue weighted by Crippen LogP contribution is -2.37. The Hall–Kier alpha value is -1.47. The molecule has 144 valence electrons. The van der Waals surface area contributed by atoms with Crippen LogP contribution in [0.1, 0.15) is 57.6 Å². The Morgan fingerprint density at radius 2 is 2.04 bits per heavy atom. The molecule has 0 bridgehead atoms. The van der Waals surface area contributed by atoms with Crippen molar-refractivity contribution in [3.8, 4) is 0 Å². The number of rotatable bonds is 6. The molecule has 2 N–H and O–H groups in total. The number of carbonyl (C=O) groups excluding carboxylic acids is 2. The van der Waals surface area contributed by atoms with Gasteiger partial charge in [-0.15, -0.1) is 11.3 Å². The fraction of sp³-hybridized carbons (Fsp3) is 0.737. The molecule has 1 saturated heterocycles. The first-order chi connectivity index (χ1) is 12.6. The molecule has 26 heavy (non-hydrogen) atoms. The molecule has 1 atom stereocenters. The smallest absolute Gasteiger partial charge is 0.245 e. The zero-order chi connectivity index (χ0) is 18.4. The van der Waals surface area contributed by atoms with E-state index in [2.05, 4.69) is 27.4 Å². The van der Waals surface area contributed by atoms with Crippen LogP contribution in [0, 0.1) is 11.8 Å². The maximum absolute atomic E-state index is 12.1. The number of amides is 2. The van der Waals surface area contributed by atoms with E-state index in [1.54, 1.807) is 0 Å². The van der Waals surface area contributed by atoms with Crippen LogP contribution in [0.4, 0.5) is 5.13 Å². The number of piperidine rings is 1. The molecular weight excluding hydrogens is 348 g/mol. The van der Waals surface area contributed by atoms with Crippen molar-refractivity contribution in [3.63, 3.8) is 0 Å². The lowest BCUT2D eigenvalue weighted by atomic mass is 9.89. The molecule has 1 aromatic heterocycles. The second-order valence-corrected chi connectivity index (χ2v) is 8.59. The second-order valence-electron chi connectivity index (χ2n) is 7.73. The van der Waals surface area contributed by atoms with Crippen LogP contribution in [-0.2, 0) is 16.1 Å². The molecular formula is C19H30N4O2S. The van der Waals surface area contributed by atoms with E-state index in [-0.39, 0.29) is 24.3 Å². The van der Waals surface area contributed by atoms with Crippen molar-refractivity contribution in [2.45, 2.75) is 58.4 Å². The van der Waals surface area contributed by atoms with Gasteiger partial charge in [-0.05, 0) is 38.1 Å². The van der Waals surface area contributed by atoms with Crippen molar-refractivity contribution in [1.82, 2.24) is 15.2 Å². The van der Waals surface area contributed by atoms with E-state index in [1.807, 2.05) is 5.38 Å². The lowest BCUT2D eigenvalue weighted by molar-refractivity contribution is -0.128. The van der Waals surface area contributed by atoms with Gasteiger partial charge < -0.3 is 10.6 Å². The number of thiazole rings is 1. The number of carbonyl (C=O) groups is 2. The Balaban J connectivity index is 1.40. The summed E-state index contributed by atoms with van der Waals surface area (Å²) in [5.41, 5.74) is 1.01. The van der Waals surface area contributed by atoms with Gasteiger partial charge in [0.15, 0.2) is 5.13 Å². The van der Waals surface area contributed by atoms with E-state index in [9.17, 15) is 9.59 Å². The summed E-state index contributed by atoms with van der Waals surface area (Å²) in [6.45, 7) is 5.40. The predicted molar refractivity (Wildman–Crippen MR) is 104 cm³/mol. The third-order valence-corrected chi connectivity index (χ3v) is 6.13. The van der Waals surface area contributed by atoms with Crippen molar-refractivity contribution >= 4 is 28.3 Å². The third kappa shape index (κ3) is 5.77. The summed E-state index contributed by atoms with van der Waals surface area (Å²) in [5, 5.41) is 8.19. The number of nitrogens with zero attached hydrogens (tertiary/aromatic N) is 2. The molecule has 2 fully saturated rings. The molecule has 3 rings (SSSR count). The van der Waals surface area contributed by atoms with Gasteiger partial charge in [-0.1, -0.05) is 26.2 Å². The first-order valence-corrected chi connectivity index (χ1v) is 10.7. The number of anilines is 1. The molecule has 0 radical (unpaired) electrons. The Labute approximate surface area is 159 Å². The highest BCUT2D eigenvalue weighted by Crippen LogP contribution is 2.23. The molecule has 2 aliphatic rings. The number of hydrogen-bond acceptors (Lipinski definition) is 5. The Bertz CT molecular complexity index is 612. The molecule has 0 aromatic carbocycles. The van der Waals surface area contributed by atoms with Crippen LogP contribution < -0.4 is 10.6 Å². The molecule has 1 saturated carbocycles. The van der Waals surface area contributed by atoms with Gasteiger partial charge in [0, 0.05) is 24.4 Å². The monoisotopic (exact) mass is 378 g/mol. The van der Waals surface area contributed by atoms with Gasteiger partial charge in [0.05, 0.1) is 12.2 Å². The fourth-order valence-electron chi connectivity index (χ4n) is 3.94. The largest absolute Gasteiger partial charge is 0.347 e. The minimum absolute atomic E-state index is 0.0129. The van der Waals surface area contributed by atoms with Crippen molar-refractivity contribution in [3.05, 3.63) is 11.1 Å². The molecule has 2 heterocycles. The van der Waals surface area contributed by atoms with E-state index in [4.69, 9.17) is 0 Å². The second kappa shape index (κ2) is 9.46. The first kappa shape index (κ1) is 19.3. The SMILES string of the molecule is C[C@@H]1CCCN(Cc2csc(NC(=O)CNC(=O)C3CCCCC3)n2)C1. The van der Waals surface area contributed by atoms with Crippen molar-refractivity contribution in [1.29, 1.82) is 0 Å². The Morgan fingerprint density at radius 3 is 2.81 bits per heavy atom. The van der Waals surface area contributed by atoms with Crippen LogP contribution in [0.2, 0.25) is 0 Å². The van der Waals surface area contributed by atoms with Gasteiger partial charge >= 0.3 is 0 Å². The summed E-state index contributed by atoms with van der Waals surface area (Å²) in [6.07, 6.45) is 7.88. The summed E-state index contributed by atoms with van der Waals surface area (Å²) in [7, 11) is 0. The highest BCUT2D eigenvalue weighted by Gasteiger charge is 2.21. The fourth-order valence-corrected chi connectivity index (χ4v) is 4.65. The molecule has 6 nitrogen and oxygen atoms in total. The molecule has 0 spiro atoms. The third-order valence-electron chi connectivity index (χ3n) is 5.32. The van der Waals surface area contributed by atoms with E-state index in [0.717, 1.165) is 56.9 Å². The zero-order valence-electron chi connectivity index (χ0n) is 15.6. The average molecular weight is 379 g/mol. The number of aromatic nitrogens is 1. The maximum atomic E-state index is 12.1. The molecule has 1 aromatic rings. The predicted octanol–water partition coefficient (Wildman–Crippen LogP) is 3.01. The van der Waals surface area contributed by atoms with Crippen molar-refractivity contribution < 1.29 is 9.59 Å². The van der Waals surface area contributed by atoms with Crippen LogP contribution in [0.3, 0.4) is 0 Å². The number of nitrogens with one attached hydrogen (secondary N) is 2. The minimum Gasteiger partial charge on any atom is -0.347 e. The standard InChI is InChI=1S/C19H30N4O2S/c1-14-6-5-9-23(11-14)12-16-13-26-19(21-16)22-17(24)10-20-18(25)15-7-3-2-4-8-15/h13-15H,2-12H2,1H3,(H,20,25)(H,21,22,24)/t14-/m1/s1. The van der Waals surface area contributed by atoms with E-state index < -0.39 is 0 Å². The Morgan fingerprint density at radius 1 is 1.23 bits per heavy atom. The van der Waals surface area contributed by atoms with Crippen LogP contribution in [-0.4, -0.2) is 41.3 Å². The normalized spacial score (nSPS) is 22.1. The summed E-state index contributed by atoms with van der Waals surface area (Å²) < 4.78 is 0. The van der Waals surface area contributed by atoms with Crippen LogP contribution >= 0.6 is 11.3 Å². The molecule has 1 aliphatic heterocycles. The summed E-state index contributed by atoms with van der Waals surface area (Å²) in [4.78, 5) is 31.1. The summed E-state index contributed by atoms with van der Waals surface area (Å²) in [5.74, 6) is 0.629. The average Bonchev–Trinajstić information content (AvgIpc) is 3.07.